The fraction of sp³-hybridized carbons (Fsp3) is 0.567. The first-order valence-electron chi connectivity index (χ1n) is 13.3. The van der Waals surface area contributed by atoms with Crippen molar-refractivity contribution in [2.24, 2.45) is 5.92 Å². The Morgan fingerprint density at radius 1 is 0.973 bits per heavy atom. The van der Waals surface area contributed by atoms with E-state index in [0.29, 0.717) is 19.6 Å². The quantitative estimate of drug-likeness (QED) is 0.182. The summed E-state index contributed by atoms with van der Waals surface area (Å²) in [5.74, 6) is 0.118. The molecule has 0 heterocycles. The van der Waals surface area contributed by atoms with Crippen LogP contribution in [0.3, 0.4) is 0 Å². The molecule has 204 valence electrons. The molecule has 2 aromatic carbocycles. The molecule has 0 saturated carbocycles. The molecule has 7 heteroatoms. The van der Waals surface area contributed by atoms with E-state index in [1.165, 1.54) is 0 Å². The van der Waals surface area contributed by atoms with E-state index >= 15 is 0 Å². The molecule has 0 fully saturated rings. The second-order valence-electron chi connectivity index (χ2n) is 11.6. The van der Waals surface area contributed by atoms with Crippen LogP contribution in [0, 0.1) is 24.2 Å². The van der Waals surface area contributed by atoms with Crippen LogP contribution in [0.2, 0.25) is 18.1 Å². The summed E-state index contributed by atoms with van der Waals surface area (Å²) in [4.78, 5) is 0.210. The molecule has 0 N–H and O–H groups in total. The molecule has 0 amide bonds. The van der Waals surface area contributed by atoms with Crippen LogP contribution in [0.15, 0.2) is 59.5 Å². The third kappa shape index (κ3) is 9.37. The van der Waals surface area contributed by atoms with Crippen molar-refractivity contribution in [2.45, 2.75) is 101 Å². The molecule has 0 aromatic heterocycles. The lowest BCUT2D eigenvalue weighted by atomic mass is 9.95. The molecule has 0 radical (unpaired) electrons. The first-order valence-corrected chi connectivity index (χ1v) is 17.7. The van der Waals surface area contributed by atoms with Gasteiger partial charge in [-0.3, -0.25) is 0 Å². The normalized spacial score (nSPS) is 15.1. The van der Waals surface area contributed by atoms with Crippen molar-refractivity contribution in [3.8, 4) is 6.07 Å². The van der Waals surface area contributed by atoms with Crippen LogP contribution in [0.5, 0.6) is 0 Å². The smallest absolute Gasteiger partial charge is 0.194 e. The van der Waals surface area contributed by atoms with Crippen LogP contribution < -0.4 is 0 Å². The molecule has 1 unspecified atom stereocenters. The molecule has 0 saturated heterocycles. The van der Waals surface area contributed by atoms with Crippen LogP contribution >= 0.6 is 0 Å². The minimum atomic E-state index is -3.71. The lowest BCUT2D eigenvalue weighted by molar-refractivity contribution is 0.0785. The van der Waals surface area contributed by atoms with E-state index in [2.05, 4.69) is 59.0 Å². The van der Waals surface area contributed by atoms with Gasteiger partial charge in [-0.1, -0.05) is 75.7 Å². The summed E-state index contributed by atoms with van der Waals surface area (Å²) >= 11 is 0. The Morgan fingerprint density at radius 3 is 2.16 bits per heavy atom. The Kier molecular flexibility index (Phi) is 11.6. The molecule has 37 heavy (non-hydrogen) atoms. The van der Waals surface area contributed by atoms with Gasteiger partial charge in [-0.2, -0.15) is 5.26 Å². The van der Waals surface area contributed by atoms with Crippen molar-refractivity contribution in [3.63, 3.8) is 0 Å². The summed E-state index contributed by atoms with van der Waals surface area (Å²) in [5.41, 5.74) is 2.14. The standard InChI is InChI=1S/C30H45NO4SSi/c1-24-15-18-27(19-16-24)36(32,33)28(22-31)20-17-25(2)29(35-37(6,7)30(3,4)5)14-11-21-34-23-26-12-9-8-10-13-26/h8-10,12-13,15-16,18-19,25,28-29H,11,14,17,20-21,23H2,1-7H3/t25-,28?,29+/m0/s1. The van der Waals surface area contributed by atoms with Gasteiger partial charge in [0.25, 0.3) is 0 Å². The molecule has 0 spiro atoms. The van der Waals surface area contributed by atoms with E-state index in [0.717, 1.165) is 24.0 Å². The Bertz CT molecular complexity index is 1100. The number of nitrogens with zero attached hydrogens (tertiary/aromatic N) is 1. The van der Waals surface area contributed by atoms with Gasteiger partial charge < -0.3 is 9.16 Å². The number of hydrogen-bond donors (Lipinski definition) is 0. The van der Waals surface area contributed by atoms with Gasteiger partial charge >= 0.3 is 0 Å². The van der Waals surface area contributed by atoms with Gasteiger partial charge in [0.05, 0.1) is 17.6 Å². The SMILES string of the molecule is Cc1ccc(S(=O)(=O)C(C#N)CC[C@H](C)[C@@H](CCCOCc2ccccc2)O[Si](C)(C)C(C)(C)C)cc1. The van der Waals surface area contributed by atoms with Crippen molar-refractivity contribution >= 4 is 18.2 Å². The average Bonchev–Trinajstić information content (AvgIpc) is 2.83. The van der Waals surface area contributed by atoms with Crippen molar-refractivity contribution in [1.82, 2.24) is 0 Å². The predicted octanol–water partition coefficient (Wildman–Crippen LogP) is 7.46. The first kappa shape index (κ1) is 31.2. The van der Waals surface area contributed by atoms with Crippen molar-refractivity contribution in [1.29, 1.82) is 5.26 Å². The zero-order valence-corrected chi connectivity index (χ0v) is 25.5. The minimum Gasteiger partial charge on any atom is -0.414 e. The highest BCUT2D eigenvalue weighted by molar-refractivity contribution is 7.92. The van der Waals surface area contributed by atoms with E-state index in [-0.39, 0.29) is 28.4 Å². The van der Waals surface area contributed by atoms with Crippen LogP contribution in [-0.4, -0.2) is 34.7 Å². The van der Waals surface area contributed by atoms with Crippen LogP contribution in [0.25, 0.3) is 0 Å². The van der Waals surface area contributed by atoms with Crippen molar-refractivity contribution in [3.05, 3.63) is 65.7 Å². The molecule has 2 aromatic rings. The predicted molar refractivity (Wildman–Crippen MR) is 154 cm³/mol. The van der Waals surface area contributed by atoms with E-state index in [1.54, 1.807) is 24.3 Å². The number of nitriles is 1. The summed E-state index contributed by atoms with van der Waals surface area (Å²) < 4.78 is 39.0. The largest absolute Gasteiger partial charge is 0.414 e. The van der Waals surface area contributed by atoms with E-state index < -0.39 is 23.4 Å². The van der Waals surface area contributed by atoms with Gasteiger partial charge in [0.15, 0.2) is 23.4 Å². The third-order valence-corrected chi connectivity index (χ3v) is 14.1. The van der Waals surface area contributed by atoms with Gasteiger partial charge in [-0.05, 0) is 74.4 Å². The fourth-order valence-corrected chi connectivity index (χ4v) is 6.84. The number of aryl methyl sites for hydroxylation is 1. The molecular weight excluding hydrogens is 498 g/mol. The summed E-state index contributed by atoms with van der Waals surface area (Å²) in [5, 5.41) is 8.75. The number of sulfone groups is 1. The van der Waals surface area contributed by atoms with Gasteiger partial charge in [-0.15, -0.1) is 0 Å². The number of ether oxygens (including phenoxy) is 1. The fourth-order valence-electron chi connectivity index (χ4n) is 3.95. The van der Waals surface area contributed by atoms with Crippen LogP contribution in [0.4, 0.5) is 0 Å². The van der Waals surface area contributed by atoms with E-state index in [1.807, 2.05) is 25.1 Å². The Balaban J connectivity index is 2.04. The minimum absolute atomic E-state index is 0.0114. The van der Waals surface area contributed by atoms with Crippen molar-refractivity contribution in [2.75, 3.05) is 6.61 Å². The van der Waals surface area contributed by atoms with Gasteiger partial charge in [0.1, 0.15) is 0 Å². The zero-order valence-electron chi connectivity index (χ0n) is 23.7. The highest BCUT2D eigenvalue weighted by Crippen LogP contribution is 2.39. The molecule has 5 nitrogen and oxygen atoms in total. The maximum atomic E-state index is 13.1. The van der Waals surface area contributed by atoms with Crippen LogP contribution in [-0.2, 0) is 25.6 Å². The molecule has 0 aliphatic rings. The van der Waals surface area contributed by atoms with E-state index in [9.17, 15) is 13.7 Å². The molecular formula is C30H45NO4SSi. The number of benzene rings is 2. The zero-order chi connectivity index (χ0) is 27.7. The molecule has 0 bridgehead atoms. The first-order chi connectivity index (χ1) is 17.3. The van der Waals surface area contributed by atoms with Gasteiger partial charge in [0.2, 0.25) is 0 Å². The third-order valence-electron chi connectivity index (χ3n) is 7.53. The second-order valence-corrected chi connectivity index (χ2v) is 18.5. The average molecular weight is 544 g/mol. The van der Waals surface area contributed by atoms with Crippen LogP contribution in [0.1, 0.15) is 64.5 Å². The maximum absolute atomic E-state index is 13.1. The highest BCUT2D eigenvalue weighted by atomic mass is 32.2. The van der Waals surface area contributed by atoms with Gasteiger partial charge in [-0.25, -0.2) is 8.42 Å². The highest BCUT2D eigenvalue weighted by Gasteiger charge is 2.40. The topological polar surface area (TPSA) is 76.4 Å². The lowest BCUT2D eigenvalue weighted by Gasteiger charge is -2.41. The summed E-state index contributed by atoms with van der Waals surface area (Å²) in [6.07, 6.45) is 2.58. The molecule has 2 rings (SSSR count). The van der Waals surface area contributed by atoms with E-state index in [4.69, 9.17) is 9.16 Å². The lowest BCUT2D eigenvalue weighted by Crippen LogP contribution is -2.45. The summed E-state index contributed by atoms with van der Waals surface area (Å²) in [7, 11) is -5.75. The number of hydrogen-bond acceptors (Lipinski definition) is 5. The Hall–Kier alpha value is -1.98. The summed E-state index contributed by atoms with van der Waals surface area (Å²) in [6.45, 7) is 16.4. The second kappa shape index (κ2) is 13.7. The number of rotatable bonds is 14. The maximum Gasteiger partial charge on any atom is 0.194 e. The molecule has 0 aliphatic carbocycles. The molecule has 3 atom stereocenters. The monoisotopic (exact) mass is 543 g/mol. The molecule has 0 aliphatic heterocycles. The summed E-state index contributed by atoms with van der Waals surface area (Å²) in [6, 6.07) is 18.9. The Labute approximate surface area is 226 Å². The van der Waals surface area contributed by atoms with Gasteiger partial charge in [0, 0.05) is 12.7 Å². The van der Waals surface area contributed by atoms with Crippen molar-refractivity contribution < 1.29 is 17.6 Å². The Morgan fingerprint density at radius 2 is 1.59 bits per heavy atom.